The van der Waals surface area contributed by atoms with E-state index >= 15 is 0 Å². The van der Waals surface area contributed by atoms with Crippen molar-refractivity contribution in [3.63, 3.8) is 0 Å². The number of halogens is 1. The van der Waals surface area contributed by atoms with Crippen molar-refractivity contribution in [1.82, 2.24) is 4.90 Å². The molecule has 3 rings (SSSR count). The van der Waals surface area contributed by atoms with Gasteiger partial charge < -0.3 is 9.64 Å². The van der Waals surface area contributed by atoms with Crippen molar-refractivity contribution < 1.29 is 9.53 Å². The zero-order valence-corrected chi connectivity index (χ0v) is 16.7. The molecular weight excluding hydrogens is 366 g/mol. The van der Waals surface area contributed by atoms with Gasteiger partial charge in [-0.1, -0.05) is 35.9 Å². The van der Waals surface area contributed by atoms with Gasteiger partial charge in [-0.05, 0) is 54.4 Å². The van der Waals surface area contributed by atoms with E-state index in [9.17, 15) is 4.79 Å². The number of carbonyl (C=O) groups excluding carboxylic acids is 1. The highest BCUT2D eigenvalue weighted by Crippen LogP contribution is 2.28. The fourth-order valence-electron chi connectivity index (χ4n) is 3.03. The molecule has 0 aliphatic heterocycles. The van der Waals surface area contributed by atoms with Crippen molar-refractivity contribution in [2.45, 2.75) is 26.3 Å². The van der Waals surface area contributed by atoms with E-state index in [4.69, 9.17) is 16.3 Å². The second kappa shape index (κ2) is 8.11. The summed E-state index contributed by atoms with van der Waals surface area (Å²) in [5.41, 5.74) is 1.02. The van der Waals surface area contributed by atoms with Crippen molar-refractivity contribution in [2.75, 3.05) is 13.7 Å². The third-order valence-corrected chi connectivity index (χ3v) is 5.83. The maximum absolute atomic E-state index is 13.0. The van der Waals surface area contributed by atoms with Crippen LogP contribution in [0.15, 0.2) is 48.5 Å². The lowest BCUT2D eigenvalue weighted by Crippen LogP contribution is -2.33. The molecule has 1 heterocycles. The Morgan fingerprint density at radius 1 is 1.15 bits per heavy atom. The first-order valence-corrected chi connectivity index (χ1v) is 9.82. The molecule has 1 atom stereocenters. The number of methoxy groups -OCH3 is 1. The number of amides is 1. The Balaban J connectivity index is 1.81. The van der Waals surface area contributed by atoms with Crippen LogP contribution in [-0.4, -0.2) is 24.5 Å². The van der Waals surface area contributed by atoms with Gasteiger partial charge in [0.05, 0.1) is 23.9 Å². The van der Waals surface area contributed by atoms with E-state index in [1.165, 1.54) is 11.3 Å². The fraction of sp³-hybridized carbons (Fsp3) is 0.286. The highest BCUT2D eigenvalue weighted by atomic mass is 35.5. The van der Waals surface area contributed by atoms with Gasteiger partial charge in [-0.25, -0.2) is 0 Å². The van der Waals surface area contributed by atoms with Gasteiger partial charge in [0, 0.05) is 11.4 Å². The highest BCUT2D eigenvalue weighted by Gasteiger charge is 2.22. The summed E-state index contributed by atoms with van der Waals surface area (Å²) in [4.78, 5) is 16.0. The van der Waals surface area contributed by atoms with Gasteiger partial charge >= 0.3 is 0 Å². The third-order valence-electron chi connectivity index (χ3n) is 4.61. The van der Waals surface area contributed by atoms with Crippen molar-refractivity contribution in [3.05, 3.63) is 63.3 Å². The van der Waals surface area contributed by atoms with E-state index in [1.807, 2.05) is 61.2 Å². The van der Waals surface area contributed by atoms with Gasteiger partial charge in [0.15, 0.2) is 0 Å². The Bertz CT molecular complexity index is 921. The normalized spacial score (nSPS) is 12.2. The smallest absolute Gasteiger partial charge is 0.230 e. The number of benzene rings is 2. The zero-order chi connectivity index (χ0) is 18.7. The van der Waals surface area contributed by atoms with Crippen molar-refractivity contribution in [3.8, 4) is 5.75 Å². The molecule has 0 saturated carbocycles. The second-order valence-electron chi connectivity index (χ2n) is 6.25. The van der Waals surface area contributed by atoms with Crippen LogP contribution >= 0.6 is 22.9 Å². The van der Waals surface area contributed by atoms with Crippen LogP contribution in [0.3, 0.4) is 0 Å². The molecule has 0 spiro atoms. The van der Waals surface area contributed by atoms with Crippen LogP contribution in [0.25, 0.3) is 10.8 Å². The van der Waals surface area contributed by atoms with Crippen LogP contribution < -0.4 is 4.74 Å². The Morgan fingerprint density at radius 2 is 1.88 bits per heavy atom. The SMILES string of the molecule is CCN(Cc1ccc(Cl)s1)C(=O)C(C)c1ccc2cc(OC)ccc2c1. The van der Waals surface area contributed by atoms with Gasteiger partial charge in [-0.2, -0.15) is 0 Å². The number of likely N-dealkylation sites (N-methyl/N-ethyl adjacent to an activating group) is 1. The first-order chi connectivity index (χ1) is 12.5. The van der Waals surface area contributed by atoms with Crippen molar-refractivity contribution in [2.24, 2.45) is 0 Å². The van der Waals surface area contributed by atoms with Crippen LogP contribution in [0.2, 0.25) is 4.34 Å². The number of ether oxygens (including phenoxy) is 1. The summed E-state index contributed by atoms with van der Waals surface area (Å²) >= 11 is 7.53. The van der Waals surface area contributed by atoms with Gasteiger partial charge in [0.2, 0.25) is 5.91 Å². The number of fused-ring (bicyclic) bond motifs is 1. The van der Waals surface area contributed by atoms with E-state index in [1.54, 1.807) is 7.11 Å². The van der Waals surface area contributed by atoms with Crippen molar-refractivity contribution >= 4 is 39.6 Å². The molecule has 1 amide bonds. The van der Waals surface area contributed by atoms with E-state index in [2.05, 4.69) is 6.07 Å². The lowest BCUT2D eigenvalue weighted by molar-refractivity contribution is -0.132. The average molecular weight is 388 g/mol. The van der Waals surface area contributed by atoms with E-state index in [0.717, 1.165) is 31.3 Å². The third kappa shape index (κ3) is 4.02. The molecular formula is C21H22ClNO2S. The van der Waals surface area contributed by atoms with Crippen LogP contribution in [0.4, 0.5) is 0 Å². The Hall–Kier alpha value is -2.04. The number of hydrogen-bond donors (Lipinski definition) is 0. The van der Waals surface area contributed by atoms with E-state index in [0.29, 0.717) is 13.1 Å². The summed E-state index contributed by atoms with van der Waals surface area (Å²) in [6.45, 7) is 5.24. The Morgan fingerprint density at radius 3 is 2.54 bits per heavy atom. The largest absolute Gasteiger partial charge is 0.497 e. The summed E-state index contributed by atoms with van der Waals surface area (Å²) in [6, 6.07) is 16.0. The van der Waals surface area contributed by atoms with Crippen LogP contribution in [0.5, 0.6) is 5.75 Å². The lowest BCUT2D eigenvalue weighted by atomic mass is 9.96. The monoisotopic (exact) mass is 387 g/mol. The fourth-order valence-corrected chi connectivity index (χ4v) is 4.13. The molecule has 1 unspecified atom stereocenters. The molecule has 0 fully saturated rings. The first kappa shape index (κ1) is 18.7. The minimum atomic E-state index is -0.197. The summed E-state index contributed by atoms with van der Waals surface area (Å²) in [7, 11) is 1.66. The second-order valence-corrected chi connectivity index (χ2v) is 8.05. The summed E-state index contributed by atoms with van der Waals surface area (Å²) < 4.78 is 6.02. The van der Waals surface area contributed by atoms with Gasteiger partial charge in [-0.15, -0.1) is 11.3 Å². The van der Waals surface area contributed by atoms with E-state index in [-0.39, 0.29) is 11.8 Å². The highest BCUT2D eigenvalue weighted by molar-refractivity contribution is 7.16. The predicted molar refractivity (Wildman–Crippen MR) is 109 cm³/mol. The van der Waals surface area contributed by atoms with Crippen LogP contribution in [0.1, 0.15) is 30.2 Å². The molecule has 5 heteroatoms. The number of rotatable bonds is 6. The number of nitrogens with zero attached hydrogens (tertiary/aromatic N) is 1. The van der Waals surface area contributed by atoms with Crippen LogP contribution in [0, 0.1) is 0 Å². The molecule has 0 saturated heterocycles. The molecule has 136 valence electrons. The molecule has 1 aromatic heterocycles. The molecule has 0 aliphatic carbocycles. The summed E-state index contributed by atoms with van der Waals surface area (Å²) in [5, 5.41) is 2.21. The number of thiophene rings is 1. The maximum atomic E-state index is 13.0. The summed E-state index contributed by atoms with van der Waals surface area (Å²) in [6.07, 6.45) is 0. The number of hydrogen-bond acceptors (Lipinski definition) is 3. The molecule has 0 radical (unpaired) electrons. The van der Waals surface area contributed by atoms with Crippen LogP contribution in [-0.2, 0) is 11.3 Å². The quantitative estimate of drug-likeness (QED) is 0.541. The molecule has 0 aliphatic rings. The molecule has 3 nitrogen and oxygen atoms in total. The average Bonchev–Trinajstić information content (AvgIpc) is 3.08. The maximum Gasteiger partial charge on any atom is 0.230 e. The summed E-state index contributed by atoms with van der Waals surface area (Å²) in [5.74, 6) is 0.767. The van der Waals surface area contributed by atoms with Gasteiger partial charge in [0.25, 0.3) is 0 Å². The number of carbonyl (C=O) groups is 1. The molecule has 3 aromatic rings. The molecule has 2 aromatic carbocycles. The topological polar surface area (TPSA) is 29.5 Å². The van der Waals surface area contributed by atoms with E-state index < -0.39 is 0 Å². The standard InChI is InChI=1S/C21H22ClNO2S/c1-4-23(13-19-9-10-20(22)26-19)21(24)14(2)15-5-6-17-12-18(25-3)8-7-16(17)11-15/h5-12,14H,4,13H2,1-3H3. The molecule has 0 bridgehead atoms. The minimum absolute atomic E-state index is 0.130. The van der Waals surface area contributed by atoms with Crippen molar-refractivity contribution in [1.29, 1.82) is 0 Å². The predicted octanol–water partition coefficient (Wildman–Crippen LogP) is 5.72. The first-order valence-electron chi connectivity index (χ1n) is 8.62. The van der Waals surface area contributed by atoms with Gasteiger partial charge in [-0.3, -0.25) is 4.79 Å². The lowest BCUT2D eigenvalue weighted by Gasteiger charge is -2.24. The molecule has 0 N–H and O–H groups in total. The minimum Gasteiger partial charge on any atom is -0.497 e. The van der Waals surface area contributed by atoms with Gasteiger partial charge in [0.1, 0.15) is 5.75 Å². The Labute approximate surface area is 163 Å². The zero-order valence-electron chi connectivity index (χ0n) is 15.2. The molecule has 26 heavy (non-hydrogen) atoms. The Kier molecular flexibility index (Phi) is 5.84.